The fraction of sp³-hybridized carbons (Fsp3) is 0.550. The predicted molar refractivity (Wildman–Crippen MR) is 113 cm³/mol. The summed E-state index contributed by atoms with van der Waals surface area (Å²) in [4.78, 5) is 10.6. The van der Waals surface area contributed by atoms with Gasteiger partial charge < -0.3 is 15.7 Å². The molecule has 1 fully saturated rings. The Kier molecular flexibility index (Phi) is 6.73. The van der Waals surface area contributed by atoms with Crippen molar-refractivity contribution in [2.75, 3.05) is 25.0 Å². The molecule has 2 heterocycles. The van der Waals surface area contributed by atoms with Gasteiger partial charge in [0.2, 0.25) is 5.96 Å². The quantitative estimate of drug-likeness (QED) is 0.695. The van der Waals surface area contributed by atoms with Gasteiger partial charge in [-0.05, 0) is 50.5 Å². The van der Waals surface area contributed by atoms with E-state index in [0.717, 1.165) is 5.56 Å². The van der Waals surface area contributed by atoms with E-state index in [4.69, 9.17) is 11.6 Å². The minimum Gasteiger partial charge on any atom is -0.374 e. The van der Waals surface area contributed by atoms with Crippen LogP contribution in [-0.2, 0) is 0 Å². The molecule has 2 aliphatic rings. The third-order valence-corrected chi connectivity index (χ3v) is 5.53. The molecular weight excluding hydrogens is 395 g/mol. The molecule has 3 rings (SSSR count). The summed E-state index contributed by atoms with van der Waals surface area (Å²) in [6.45, 7) is 6.93. The van der Waals surface area contributed by atoms with E-state index in [2.05, 4.69) is 26.7 Å². The summed E-state index contributed by atoms with van der Waals surface area (Å²) in [5.41, 5.74) is 2.10. The number of anilines is 1. The van der Waals surface area contributed by atoms with E-state index in [1.165, 1.54) is 0 Å². The Bertz CT molecular complexity index is 867. The van der Waals surface area contributed by atoms with Crippen molar-refractivity contribution in [3.63, 3.8) is 0 Å². The van der Waals surface area contributed by atoms with E-state index in [-0.39, 0.29) is 12.6 Å². The third kappa shape index (κ3) is 4.69. The molecule has 3 unspecified atom stereocenters. The largest absolute Gasteiger partial charge is 0.374 e. The summed E-state index contributed by atoms with van der Waals surface area (Å²) < 4.78 is 13.5. The fourth-order valence-corrected chi connectivity index (χ4v) is 3.86. The number of hydrogen-bond acceptors (Lipinski definition) is 6. The molecule has 0 spiro atoms. The molecule has 29 heavy (non-hydrogen) atoms. The van der Waals surface area contributed by atoms with Gasteiger partial charge in [-0.25, -0.2) is 9.38 Å². The van der Waals surface area contributed by atoms with Gasteiger partial charge in [-0.2, -0.15) is 5.26 Å². The standard InChI is InChI=1S/C20H26ClFN6O/c1-4-24-18-15(9-23)12(3)25-20(27-18)26-17-7-11(2)14(8-16(17)21)19(29)28-6-5-13(22)10-28/h7-8,12-13,15,19,29H,4-6,10H2,1-3H3,(H2,24,25,26,27)/t12?,13-,15?,19?/m0/s1. The summed E-state index contributed by atoms with van der Waals surface area (Å²) in [7, 11) is 0. The molecular formula is C20H26ClFN6O. The molecule has 0 aromatic heterocycles. The number of aryl methyl sites for hydroxylation is 1. The topological polar surface area (TPSA) is 96.0 Å². The summed E-state index contributed by atoms with van der Waals surface area (Å²) >= 11 is 6.46. The Morgan fingerprint density at radius 1 is 1.55 bits per heavy atom. The van der Waals surface area contributed by atoms with Gasteiger partial charge in [-0.15, -0.1) is 0 Å². The Hall–Kier alpha value is -2.21. The number of nitriles is 1. The molecule has 3 N–H and O–H groups in total. The molecule has 9 heteroatoms. The number of alkyl halides is 1. The van der Waals surface area contributed by atoms with Gasteiger partial charge in [0, 0.05) is 19.6 Å². The molecule has 4 atom stereocenters. The first-order chi connectivity index (χ1) is 13.8. The number of amidine groups is 1. The highest BCUT2D eigenvalue weighted by atomic mass is 35.5. The summed E-state index contributed by atoms with van der Waals surface area (Å²) in [6.07, 6.45) is -1.37. The van der Waals surface area contributed by atoms with Crippen molar-refractivity contribution in [3.05, 3.63) is 28.3 Å². The predicted octanol–water partition coefficient (Wildman–Crippen LogP) is 3.00. The van der Waals surface area contributed by atoms with E-state index in [9.17, 15) is 14.8 Å². The second-order valence-corrected chi connectivity index (χ2v) is 7.79. The van der Waals surface area contributed by atoms with Gasteiger partial charge in [0.25, 0.3) is 0 Å². The van der Waals surface area contributed by atoms with Crippen molar-refractivity contribution in [1.82, 2.24) is 10.2 Å². The summed E-state index contributed by atoms with van der Waals surface area (Å²) in [6, 6.07) is 5.50. The lowest BCUT2D eigenvalue weighted by Crippen LogP contribution is -2.47. The van der Waals surface area contributed by atoms with Crippen LogP contribution in [0.15, 0.2) is 22.1 Å². The van der Waals surface area contributed by atoms with Crippen LogP contribution in [0.5, 0.6) is 0 Å². The van der Waals surface area contributed by atoms with Gasteiger partial charge in [0.1, 0.15) is 24.2 Å². The van der Waals surface area contributed by atoms with Crippen LogP contribution in [0, 0.1) is 24.2 Å². The second kappa shape index (κ2) is 9.08. The smallest absolute Gasteiger partial charge is 0.201 e. The first kappa shape index (κ1) is 21.5. The Labute approximate surface area is 175 Å². The minimum absolute atomic E-state index is 0.219. The Morgan fingerprint density at radius 2 is 2.31 bits per heavy atom. The van der Waals surface area contributed by atoms with Gasteiger partial charge in [0.15, 0.2) is 0 Å². The van der Waals surface area contributed by atoms with Crippen LogP contribution in [0.2, 0.25) is 5.02 Å². The number of hydrogen-bond donors (Lipinski definition) is 3. The molecule has 0 amide bonds. The average molecular weight is 421 g/mol. The lowest BCUT2D eigenvalue weighted by Gasteiger charge is -2.27. The van der Waals surface area contributed by atoms with Crippen LogP contribution in [0.25, 0.3) is 0 Å². The molecule has 1 saturated heterocycles. The SMILES string of the molecule is CCN=C1NC(Nc2cc(C)c(C(O)N3CC[C@H](F)C3)cc2Cl)=NC(C)C1C#N. The Morgan fingerprint density at radius 3 is 2.93 bits per heavy atom. The number of nitrogens with one attached hydrogen (secondary N) is 2. The first-order valence-electron chi connectivity index (χ1n) is 9.76. The van der Waals surface area contributed by atoms with Crippen molar-refractivity contribution in [2.45, 2.75) is 45.6 Å². The van der Waals surface area contributed by atoms with Gasteiger partial charge in [-0.3, -0.25) is 9.89 Å². The van der Waals surface area contributed by atoms with Crippen molar-refractivity contribution in [1.29, 1.82) is 5.26 Å². The molecule has 0 saturated carbocycles. The zero-order chi connectivity index (χ0) is 21.1. The Balaban J connectivity index is 1.81. The van der Waals surface area contributed by atoms with Crippen molar-refractivity contribution < 1.29 is 9.50 Å². The lowest BCUT2D eigenvalue weighted by atomic mass is 10.0. The number of aliphatic imine (C=N–C) groups is 2. The second-order valence-electron chi connectivity index (χ2n) is 7.38. The fourth-order valence-electron chi connectivity index (χ4n) is 3.64. The number of guanidine groups is 1. The molecule has 0 radical (unpaired) electrons. The number of nitrogens with zero attached hydrogens (tertiary/aromatic N) is 4. The lowest BCUT2D eigenvalue weighted by molar-refractivity contribution is 0.0145. The molecule has 2 aliphatic heterocycles. The van der Waals surface area contributed by atoms with Gasteiger partial charge in [0.05, 0.1) is 22.8 Å². The molecule has 1 aromatic carbocycles. The maximum Gasteiger partial charge on any atom is 0.201 e. The van der Waals surface area contributed by atoms with Gasteiger partial charge >= 0.3 is 0 Å². The number of halogens is 2. The van der Waals surface area contributed by atoms with E-state index in [1.54, 1.807) is 11.0 Å². The van der Waals surface area contributed by atoms with Crippen molar-refractivity contribution in [3.8, 4) is 6.07 Å². The summed E-state index contributed by atoms with van der Waals surface area (Å²) in [5, 5.41) is 26.7. The maximum absolute atomic E-state index is 13.5. The highest BCUT2D eigenvalue weighted by molar-refractivity contribution is 6.34. The van der Waals surface area contributed by atoms with Crippen molar-refractivity contribution >= 4 is 29.1 Å². The third-order valence-electron chi connectivity index (χ3n) is 5.22. The number of aliphatic hydroxyl groups is 1. The van der Waals surface area contributed by atoms with Crippen LogP contribution in [0.1, 0.15) is 37.6 Å². The maximum atomic E-state index is 13.5. The zero-order valence-corrected chi connectivity index (χ0v) is 17.5. The van der Waals surface area contributed by atoms with E-state index >= 15 is 0 Å². The van der Waals surface area contributed by atoms with E-state index < -0.39 is 18.3 Å². The number of likely N-dealkylation sites (tertiary alicyclic amines) is 1. The molecule has 0 aliphatic carbocycles. The van der Waals surface area contributed by atoms with Crippen LogP contribution in [-0.4, -0.2) is 53.6 Å². The first-order valence-corrected chi connectivity index (χ1v) is 10.1. The normalized spacial score (nSPS) is 27.3. The number of aliphatic hydroxyl groups excluding tert-OH is 1. The monoisotopic (exact) mass is 420 g/mol. The minimum atomic E-state index is -0.907. The zero-order valence-electron chi connectivity index (χ0n) is 16.8. The van der Waals surface area contributed by atoms with E-state index in [1.807, 2.05) is 26.8 Å². The molecule has 0 bridgehead atoms. The van der Waals surface area contributed by atoms with Crippen LogP contribution in [0.4, 0.5) is 10.1 Å². The number of benzene rings is 1. The average Bonchev–Trinajstić information content (AvgIpc) is 3.10. The number of rotatable bonds is 4. The molecule has 1 aromatic rings. The van der Waals surface area contributed by atoms with E-state index in [0.29, 0.717) is 47.6 Å². The van der Waals surface area contributed by atoms with Crippen molar-refractivity contribution in [2.24, 2.45) is 15.9 Å². The molecule has 156 valence electrons. The van der Waals surface area contributed by atoms with Crippen LogP contribution < -0.4 is 10.6 Å². The highest BCUT2D eigenvalue weighted by Crippen LogP contribution is 2.32. The summed E-state index contributed by atoms with van der Waals surface area (Å²) in [5.74, 6) is 0.621. The van der Waals surface area contributed by atoms with Gasteiger partial charge in [-0.1, -0.05) is 11.6 Å². The molecule has 7 nitrogen and oxygen atoms in total. The van der Waals surface area contributed by atoms with Crippen LogP contribution >= 0.6 is 11.6 Å². The highest BCUT2D eigenvalue weighted by Gasteiger charge is 2.30. The van der Waals surface area contributed by atoms with Crippen LogP contribution in [0.3, 0.4) is 0 Å².